The standard InChI is InChI=1S/C16H12BrClFN3O3/c1-2-8-22(16(24)25)11-5-3-4-9(13(11)19)14(23)12(17)10-6-7-20-15(18)21-10/h2-7,12H,1,8H2,(H,24,25). The van der Waals surface area contributed by atoms with Gasteiger partial charge in [0, 0.05) is 12.7 Å². The lowest BCUT2D eigenvalue weighted by atomic mass is 10.0. The first-order valence-corrected chi connectivity index (χ1v) is 8.22. The SMILES string of the molecule is C=CCN(C(=O)O)c1cccc(C(=O)C(Br)c2ccnc(Cl)n2)c1F. The summed E-state index contributed by atoms with van der Waals surface area (Å²) in [6, 6.07) is 5.41. The summed E-state index contributed by atoms with van der Waals surface area (Å²) >= 11 is 8.86. The summed E-state index contributed by atoms with van der Waals surface area (Å²) in [7, 11) is 0. The molecular weight excluding hydrogens is 417 g/mol. The number of Topliss-reactive ketones (excluding diaryl/α,β-unsaturated/α-hetero) is 1. The number of carbonyl (C=O) groups is 2. The van der Waals surface area contributed by atoms with E-state index < -0.39 is 22.5 Å². The van der Waals surface area contributed by atoms with Gasteiger partial charge in [-0.2, -0.15) is 0 Å². The van der Waals surface area contributed by atoms with E-state index in [1.165, 1.54) is 36.5 Å². The lowest BCUT2D eigenvalue weighted by molar-refractivity contribution is 0.0986. The van der Waals surface area contributed by atoms with E-state index in [1.807, 2.05) is 0 Å². The van der Waals surface area contributed by atoms with Gasteiger partial charge in [-0.15, -0.1) is 6.58 Å². The van der Waals surface area contributed by atoms with Crippen molar-refractivity contribution in [2.75, 3.05) is 11.4 Å². The number of benzene rings is 1. The largest absolute Gasteiger partial charge is 0.465 e. The summed E-state index contributed by atoms with van der Waals surface area (Å²) in [4.78, 5) is 31.3. The quantitative estimate of drug-likeness (QED) is 0.322. The Balaban J connectivity index is 2.42. The molecule has 1 atom stereocenters. The van der Waals surface area contributed by atoms with Crippen molar-refractivity contribution in [1.29, 1.82) is 0 Å². The van der Waals surface area contributed by atoms with Gasteiger partial charge in [-0.1, -0.05) is 28.1 Å². The van der Waals surface area contributed by atoms with Crippen LogP contribution in [-0.4, -0.2) is 33.5 Å². The third kappa shape index (κ3) is 4.21. The first kappa shape index (κ1) is 19.0. The third-order valence-electron chi connectivity index (χ3n) is 3.21. The maximum absolute atomic E-state index is 14.8. The van der Waals surface area contributed by atoms with E-state index in [2.05, 4.69) is 32.5 Å². The van der Waals surface area contributed by atoms with Gasteiger partial charge in [0.1, 0.15) is 4.83 Å². The molecule has 1 aromatic carbocycles. The lowest BCUT2D eigenvalue weighted by Gasteiger charge is -2.19. The molecule has 1 aromatic heterocycles. The highest BCUT2D eigenvalue weighted by Crippen LogP contribution is 2.30. The van der Waals surface area contributed by atoms with E-state index in [0.717, 1.165) is 4.90 Å². The predicted octanol–water partition coefficient (Wildman–Crippen LogP) is 4.26. The van der Waals surface area contributed by atoms with E-state index in [-0.39, 0.29) is 28.8 Å². The summed E-state index contributed by atoms with van der Waals surface area (Å²) in [5.74, 6) is -1.57. The Labute approximate surface area is 156 Å². The maximum Gasteiger partial charge on any atom is 0.412 e. The van der Waals surface area contributed by atoms with Crippen LogP contribution in [0.5, 0.6) is 0 Å². The van der Waals surface area contributed by atoms with Crippen molar-refractivity contribution in [3.05, 3.63) is 65.5 Å². The molecule has 1 unspecified atom stereocenters. The van der Waals surface area contributed by atoms with Crippen LogP contribution in [-0.2, 0) is 0 Å². The first-order chi connectivity index (χ1) is 11.9. The first-order valence-electron chi connectivity index (χ1n) is 6.93. The average Bonchev–Trinajstić information content (AvgIpc) is 2.59. The van der Waals surface area contributed by atoms with Crippen molar-refractivity contribution < 1.29 is 19.1 Å². The van der Waals surface area contributed by atoms with Gasteiger partial charge in [0.2, 0.25) is 5.28 Å². The smallest absolute Gasteiger partial charge is 0.412 e. The molecule has 1 N–H and O–H groups in total. The number of rotatable bonds is 6. The van der Waals surface area contributed by atoms with Crippen LogP contribution in [0.15, 0.2) is 43.1 Å². The fraction of sp³-hybridized carbons (Fsp3) is 0.125. The molecule has 9 heteroatoms. The maximum atomic E-state index is 14.8. The molecule has 2 rings (SSSR count). The summed E-state index contributed by atoms with van der Waals surface area (Å²) in [6.07, 6.45) is 1.33. The number of amides is 1. The van der Waals surface area contributed by atoms with Gasteiger partial charge in [-0.05, 0) is 29.8 Å². The van der Waals surface area contributed by atoms with E-state index in [0.29, 0.717) is 0 Å². The van der Waals surface area contributed by atoms with Crippen LogP contribution in [0.3, 0.4) is 0 Å². The average molecular weight is 429 g/mol. The number of hydrogen-bond acceptors (Lipinski definition) is 4. The summed E-state index contributed by atoms with van der Waals surface area (Å²) in [5, 5.41) is 9.17. The number of anilines is 1. The highest BCUT2D eigenvalue weighted by Gasteiger charge is 2.27. The second-order valence-electron chi connectivity index (χ2n) is 4.80. The summed E-state index contributed by atoms with van der Waals surface area (Å²) in [5.41, 5.74) is -0.251. The predicted molar refractivity (Wildman–Crippen MR) is 95.0 cm³/mol. The van der Waals surface area contributed by atoms with Crippen LogP contribution in [0.25, 0.3) is 0 Å². The topological polar surface area (TPSA) is 83.4 Å². The summed E-state index contributed by atoms with van der Waals surface area (Å²) in [6.45, 7) is 3.32. The van der Waals surface area contributed by atoms with Gasteiger partial charge in [-0.25, -0.2) is 19.2 Å². The monoisotopic (exact) mass is 427 g/mol. The highest BCUT2D eigenvalue weighted by molar-refractivity contribution is 9.09. The second kappa shape index (κ2) is 8.17. The Kier molecular flexibility index (Phi) is 6.22. The van der Waals surface area contributed by atoms with E-state index >= 15 is 0 Å². The minimum atomic E-state index is -1.36. The van der Waals surface area contributed by atoms with Gasteiger partial charge < -0.3 is 5.11 Å². The Bertz CT molecular complexity index is 834. The molecule has 130 valence electrons. The fourth-order valence-corrected chi connectivity index (χ4v) is 2.74. The molecule has 2 aromatic rings. The van der Waals surface area contributed by atoms with Crippen LogP contribution in [0.1, 0.15) is 20.9 Å². The van der Waals surface area contributed by atoms with Crippen molar-refractivity contribution in [1.82, 2.24) is 9.97 Å². The number of hydrogen-bond donors (Lipinski definition) is 1. The zero-order valence-electron chi connectivity index (χ0n) is 12.7. The zero-order chi connectivity index (χ0) is 18.6. The molecule has 0 saturated carbocycles. The minimum Gasteiger partial charge on any atom is -0.465 e. The molecule has 1 heterocycles. The molecule has 6 nitrogen and oxygen atoms in total. The number of alkyl halides is 1. The highest BCUT2D eigenvalue weighted by atomic mass is 79.9. The number of carboxylic acid groups (broad SMARTS) is 1. The van der Waals surface area contributed by atoms with Crippen LogP contribution in [0.4, 0.5) is 14.9 Å². The number of ketones is 1. The number of halogens is 3. The van der Waals surface area contributed by atoms with Crippen LogP contribution in [0, 0.1) is 5.82 Å². The normalized spacial score (nSPS) is 11.6. The second-order valence-corrected chi connectivity index (χ2v) is 6.05. The number of aromatic nitrogens is 2. The van der Waals surface area contributed by atoms with E-state index in [1.54, 1.807) is 0 Å². The molecule has 0 aliphatic rings. The molecule has 0 aliphatic heterocycles. The molecule has 0 spiro atoms. The molecular formula is C16H12BrClFN3O3. The Morgan fingerprint density at radius 2 is 2.16 bits per heavy atom. The minimum absolute atomic E-state index is 0.0491. The van der Waals surface area contributed by atoms with Crippen molar-refractivity contribution in [3.63, 3.8) is 0 Å². The Morgan fingerprint density at radius 3 is 2.76 bits per heavy atom. The van der Waals surface area contributed by atoms with E-state index in [4.69, 9.17) is 11.6 Å². The Hall–Kier alpha value is -2.32. The molecule has 25 heavy (non-hydrogen) atoms. The van der Waals surface area contributed by atoms with Gasteiger partial charge in [0.15, 0.2) is 11.6 Å². The van der Waals surface area contributed by atoms with Crippen LogP contribution in [0.2, 0.25) is 5.28 Å². The van der Waals surface area contributed by atoms with Gasteiger partial charge in [0.05, 0.1) is 16.9 Å². The van der Waals surface area contributed by atoms with E-state index in [9.17, 15) is 19.1 Å². The zero-order valence-corrected chi connectivity index (χ0v) is 15.0. The summed E-state index contributed by atoms with van der Waals surface area (Å²) < 4.78 is 14.8. The van der Waals surface area contributed by atoms with Crippen molar-refractivity contribution >= 4 is 45.1 Å². The lowest BCUT2D eigenvalue weighted by Crippen LogP contribution is -2.30. The molecule has 0 fully saturated rings. The fourth-order valence-electron chi connectivity index (χ4n) is 2.09. The van der Waals surface area contributed by atoms with Crippen LogP contribution >= 0.6 is 27.5 Å². The third-order valence-corrected chi connectivity index (χ3v) is 4.28. The molecule has 1 amide bonds. The van der Waals surface area contributed by atoms with Crippen LogP contribution < -0.4 is 4.90 Å². The number of nitrogens with zero attached hydrogens (tertiary/aromatic N) is 3. The van der Waals surface area contributed by atoms with Gasteiger partial charge >= 0.3 is 6.09 Å². The molecule has 0 saturated heterocycles. The molecule has 0 aliphatic carbocycles. The van der Waals surface area contributed by atoms with Crippen molar-refractivity contribution in [2.45, 2.75) is 4.83 Å². The molecule has 0 radical (unpaired) electrons. The number of carbonyl (C=O) groups excluding carboxylic acids is 1. The van der Waals surface area contributed by atoms with Gasteiger partial charge in [0.25, 0.3) is 0 Å². The van der Waals surface area contributed by atoms with Gasteiger partial charge in [-0.3, -0.25) is 9.69 Å². The Morgan fingerprint density at radius 1 is 1.44 bits per heavy atom. The molecule has 0 bridgehead atoms. The van der Waals surface area contributed by atoms with Crippen molar-refractivity contribution in [2.24, 2.45) is 0 Å². The van der Waals surface area contributed by atoms with Crippen molar-refractivity contribution in [3.8, 4) is 0 Å².